The molecular weight excluding hydrogens is 516 g/mol. The number of carbonyl (C=O) groups is 1. The zero-order valence-electron chi connectivity index (χ0n) is 22.6. The monoisotopic (exact) mass is 544 g/mol. The van der Waals surface area contributed by atoms with Crippen molar-refractivity contribution < 1.29 is 28.5 Å². The van der Waals surface area contributed by atoms with Crippen LogP contribution in [0, 0.1) is 0 Å². The zero-order valence-corrected chi connectivity index (χ0v) is 22.6. The number of benzene rings is 1. The maximum atomic E-state index is 11.9. The summed E-state index contributed by atoms with van der Waals surface area (Å²) >= 11 is 0. The molecule has 0 saturated carbocycles. The van der Waals surface area contributed by atoms with Crippen molar-refractivity contribution in [3.05, 3.63) is 66.6 Å². The maximum absolute atomic E-state index is 11.9. The number of pyridine rings is 1. The van der Waals surface area contributed by atoms with E-state index in [9.17, 15) is 4.79 Å². The maximum Gasteiger partial charge on any atom is 0.356 e. The second kappa shape index (κ2) is 9.88. The number of methoxy groups -OCH3 is 1. The molecule has 2 saturated heterocycles. The van der Waals surface area contributed by atoms with E-state index in [0.29, 0.717) is 28.5 Å². The highest BCUT2D eigenvalue weighted by Gasteiger charge is 2.55. The molecule has 0 aliphatic carbocycles. The van der Waals surface area contributed by atoms with E-state index in [2.05, 4.69) is 19.9 Å². The van der Waals surface area contributed by atoms with Gasteiger partial charge in [-0.05, 0) is 38.1 Å². The molecule has 0 bridgehead atoms. The quantitative estimate of drug-likeness (QED) is 0.153. The SMILES string of the molecule is COC(=O)c1ccc2ccc(O/C=C3\O[C@@H](n4ccc5c(N=CN(C)C)ncnc54)[C@@H]4OC(C)(C)O[C@H]34)cc2n1. The van der Waals surface area contributed by atoms with Gasteiger partial charge in [0, 0.05) is 31.7 Å². The van der Waals surface area contributed by atoms with Crippen molar-refractivity contribution in [2.75, 3.05) is 21.2 Å². The average Bonchev–Trinajstić information content (AvgIpc) is 3.60. The molecule has 12 heteroatoms. The standard InChI is InChI=1S/C28H28N6O6/c1-28(2)39-22-21(13-37-17-8-6-16-7-9-19(27(35)36-5)32-20(16)12-17)38-26(23(22)40-28)34-11-10-18-24(31-15-33(3)4)29-14-30-25(18)34/h6-15,22-23,26H,1-5H3/b21-13-,31-15?/t22-,23-,26-/m1/s1. The molecule has 1 aromatic carbocycles. The Kier molecular flexibility index (Phi) is 6.35. The number of aromatic nitrogens is 4. The number of ether oxygens (including phenoxy) is 5. The zero-order chi connectivity index (χ0) is 28.0. The second-order valence-corrected chi connectivity index (χ2v) is 10.1. The Morgan fingerprint density at radius 2 is 1.98 bits per heavy atom. The lowest BCUT2D eigenvalue weighted by atomic mass is 10.2. The van der Waals surface area contributed by atoms with Crippen molar-refractivity contribution in [1.82, 2.24) is 24.4 Å². The number of fused-ring (bicyclic) bond motifs is 3. The Morgan fingerprint density at radius 1 is 1.15 bits per heavy atom. The molecule has 4 aromatic rings. The van der Waals surface area contributed by atoms with E-state index < -0.39 is 30.2 Å². The Morgan fingerprint density at radius 3 is 2.77 bits per heavy atom. The first-order chi connectivity index (χ1) is 19.2. The highest BCUT2D eigenvalue weighted by Crippen LogP contribution is 2.46. The van der Waals surface area contributed by atoms with Crippen LogP contribution < -0.4 is 4.74 Å². The van der Waals surface area contributed by atoms with Crippen LogP contribution in [0.1, 0.15) is 30.6 Å². The molecule has 6 rings (SSSR count). The Bertz CT molecular complexity index is 1660. The topological polar surface area (TPSA) is 122 Å². The van der Waals surface area contributed by atoms with Crippen molar-refractivity contribution in [2.24, 2.45) is 4.99 Å². The molecule has 2 aliphatic rings. The molecule has 3 atom stereocenters. The van der Waals surface area contributed by atoms with Gasteiger partial charge in [0.05, 0.1) is 24.4 Å². The van der Waals surface area contributed by atoms with E-state index in [1.165, 1.54) is 19.7 Å². The van der Waals surface area contributed by atoms with Crippen molar-refractivity contribution in [1.29, 1.82) is 0 Å². The second-order valence-electron chi connectivity index (χ2n) is 10.1. The predicted molar refractivity (Wildman–Crippen MR) is 145 cm³/mol. The average molecular weight is 545 g/mol. The van der Waals surface area contributed by atoms with Gasteiger partial charge in [-0.15, -0.1) is 0 Å². The molecule has 0 unspecified atom stereocenters. The Balaban J connectivity index is 1.31. The molecule has 0 N–H and O–H groups in total. The van der Waals surface area contributed by atoms with E-state index in [1.807, 2.05) is 61.8 Å². The number of esters is 1. The molecule has 2 aliphatic heterocycles. The Hall–Kier alpha value is -4.55. The fraction of sp³-hybridized carbons (Fsp3) is 0.321. The van der Waals surface area contributed by atoms with Gasteiger partial charge in [-0.3, -0.25) is 4.57 Å². The third-order valence-corrected chi connectivity index (χ3v) is 6.49. The van der Waals surface area contributed by atoms with Crippen LogP contribution in [-0.4, -0.2) is 75.9 Å². The van der Waals surface area contributed by atoms with E-state index in [1.54, 1.807) is 24.5 Å². The van der Waals surface area contributed by atoms with Gasteiger partial charge in [0.1, 0.15) is 29.7 Å². The van der Waals surface area contributed by atoms with Crippen molar-refractivity contribution in [3.63, 3.8) is 0 Å². The molecular formula is C28H28N6O6. The number of rotatable bonds is 6. The van der Waals surface area contributed by atoms with Gasteiger partial charge in [-0.1, -0.05) is 6.07 Å². The van der Waals surface area contributed by atoms with E-state index >= 15 is 0 Å². The highest BCUT2D eigenvalue weighted by atomic mass is 16.8. The number of nitrogens with zero attached hydrogens (tertiary/aromatic N) is 6. The van der Waals surface area contributed by atoms with E-state index in [0.717, 1.165) is 10.8 Å². The van der Waals surface area contributed by atoms with Gasteiger partial charge in [0.15, 0.2) is 29.6 Å². The van der Waals surface area contributed by atoms with Crippen LogP contribution in [0.5, 0.6) is 5.75 Å². The molecule has 0 spiro atoms. The van der Waals surface area contributed by atoms with Crippen LogP contribution in [0.2, 0.25) is 0 Å². The lowest BCUT2D eigenvalue weighted by Gasteiger charge is -2.23. The van der Waals surface area contributed by atoms with Crippen LogP contribution in [-0.2, 0) is 18.9 Å². The summed E-state index contributed by atoms with van der Waals surface area (Å²) in [6.45, 7) is 3.72. The first-order valence-electron chi connectivity index (χ1n) is 12.6. The number of carbonyl (C=O) groups excluding carboxylic acids is 1. The van der Waals surface area contributed by atoms with Gasteiger partial charge in [-0.25, -0.2) is 24.7 Å². The lowest BCUT2D eigenvalue weighted by molar-refractivity contribution is -0.174. The minimum atomic E-state index is -0.827. The number of aliphatic imine (C=N–C) groups is 1. The molecule has 0 amide bonds. The molecule has 0 radical (unpaired) electrons. The smallest absolute Gasteiger partial charge is 0.356 e. The summed E-state index contributed by atoms with van der Waals surface area (Å²) in [5, 5.41) is 1.64. The third-order valence-electron chi connectivity index (χ3n) is 6.49. The molecule has 3 aromatic heterocycles. The Labute approximate surface area is 229 Å². The van der Waals surface area contributed by atoms with E-state index in [-0.39, 0.29) is 5.69 Å². The van der Waals surface area contributed by atoms with Crippen LogP contribution in [0.3, 0.4) is 0 Å². The molecule has 206 valence electrons. The summed E-state index contributed by atoms with van der Waals surface area (Å²) in [4.78, 5) is 31.4. The van der Waals surface area contributed by atoms with Crippen LogP contribution in [0.4, 0.5) is 5.82 Å². The van der Waals surface area contributed by atoms with Crippen LogP contribution >= 0.6 is 0 Å². The largest absolute Gasteiger partial charge is 0.465 e. The summed E-state index contributed by atoms with van der Waals surface area (Å²) in [5.74, 6) is 0.201. The summed E-state index contributed by atoms with van der Waals surface area (Å²) < 4.78 is 31.5. The van der Waals surface area contributed by atoms with Gasteiger partial charge < -0.3 is 28.6 Å². The summed E-state index contributed by atoms with van der Waals surface area (Å²) in [7, 11) is 5.10. The first kappa shape index (κ1) is 25.7. The number of hydrogen-bond acceptors (Lipinski definition) is 10. The molecule has 5 heterocycles. The highest BCUT2D eigenvalue weighted by molar-refractivity contribution is 5.91. The number of hydrogen-bond donors (Lipinski definition) is 0. The fourth-order valence-corrected chi connectivity index (χ4v) is 4.75. The van der Waals surface area contributed by atoms with Crippen molar-refractivity contribution in [3.8, 4) is 5.75 Å². The summed E-state index contributed by atoms with van der Waals surface area (Å²) in [5.41, 5.74) is 1.46. The normalized spacial score (nSPS) is 22.6. The van der Waals surface area contributed by atoms with Gasteiger partial charge >= 0.3 is 5.97 Å². The lowest BCUT2D eigenvalue weighted by Crippen LogP contribution is -2.27. The van der Waals surface area contributed by atoms with Gasteiger partial charge in [0.25, 0.3) is 0 Å². The minimum absolute atomic E-state index is 0.215. The van der Waals surface area contributed by atoms with Crippen LogP contribution in [0.25, 0.3) is 21.9 Å². The fourth-order valence-electron chi connectivity index (χ4n) is 4.75. The van der Waals surface area contributed by atoms with E-state index in [4.69, 9.17) is 23.7 Å². The molecule has 40 heavy (non-hydrogen) atoms. The summed E-state index contributed by atoms with van der Waals surface area (Å²) in [6, 6.07) is 10.7. The minimum Gasteiger partial charge on any atom is -0.465 e. The van der Waals surface area contributed by atoms with Gasteiger partial charge in [0.2, 0.25) is 6.23 Å². The van der Waals surface area contributed by atoms with Crippen LogP contribution in [0.15, 0.2) is 65.9 Å². The van der Waals surface area contributed by atoms with Gasteiger partial charge in [-0.2, -0.15) is 0 Å². The summed E-state index contributed by atoms with van der Waals surface area (Å²) in [6.07, 6.45) is 5.03. The third kappa shape index (κ3) is 4.71. The van der Waals surface area contributed by atoms with Crippen molar-refractivity contribution in [2.45, 2.75) is 38.1 Å². The molecule has 2 fully saturated rings. The van der Waals surface area contributed by atoms with Crippen molar-refractivity contribution >= 4 is 40.1 Å². The molecule has 12 nitrogen and oxygen atoms in total. The first-order valence-corrected chi connectivity index (χ1v) is 12.6. The predicted octanol–water partition coefficient (Wildman–Crippen LogP) is 3.96.